The number of halogens is 9. The highest BCUT2D eigenvalue weighted by molar-refractivity contribution is 6.31. The van der Waals surface area contributed by atoms with E-state index in [2.05, 4.69) is 16.0 Å². The van der Waals surface area contributed by atoms with E-state index in [0.717, 1.165) is 57.4 Å². The Morgan fingerprint density at radius 2 is 1.00 bits per heavy atom. The van der Waals surface area contributed by atoms with Crippen LogP contribution in [-0.4, -0.2) is 84.4 Å². The summed E-state index contributed by atoms with van der Waals surface area (Å²) in [5.74, 6) is -3.89. The van der Waals surface area contributed by atoms with Gasteiger partial charge in [-0.05, 0) is 143 Å². The fourth-order valence-electron chi connectivity index (χ4n) is 6.56. The normalized spacial score (nSPS) is 17.4. The van der Waals surface area contributed by atoms with Crippen molar-refractivity contribution in [2.75, 3.05) is 26.3 Å². The zero-order chi connectivity index (χ0) is 50.4. The lowest BCUT2D eigenvalue weighted by Gasteiger charge is -2.29. The summed E-state index contributed by atoms with van der Waals surface area (Å²) >= 11 is 22.6. The van der Waals surface area contributed by atoms with Gasteiger partial charge in [-0.2, -0.15) is 13.2 Å². The van der Waals surface area contributed by atoms with E-state index in [1.807, 2.05) is 0 Å². The van der Waals surface area contributed by atoms with Crippen LogP contribution in [0.3, 0.4) is 0 Å². The Morgan fingerprint density at radius 1 is 0.618 bits per heavy atom. The first kappa shape index (κ1) is 56.9. The number of hydrogen-bond acceptors (Lipinski definition) is 8. The first-order valence-electron chi connectivity index (χ1n) is 20.9. The van der Waals surface area contributed by atoms with Gasteiger partial charge in [0.25, 0.3) is 17.7 Å². The number of alkyl halides is 3. The summed E-state index contributed by atoms with van der Waals surface area (Å²) in [4.78, 5) is 55.2. The predicted molar refractivity (Wildman–Crippen MR) is 253 cm³/mol. The summed E-state index contributed by atoms with van der Waals surface area (Å²) in [6.45, 7) is 1.01. The van der Waals surface area contributed by atoms with Gasteiger partial charge < -0.3 is 41.4 Å². The van der Waals surface area contributed by atoms with E-state index in [0.29, 0.717) is 46.3 Å². The van der Waals surface area contributed by atoms with Gasteiger partial charge in [-0.25, -0.2) is 18.4 Å². The molecule has 0 aromatic heterocycles. The summed E-state index contributed by atoms with van der Waals surface area (Å²) in [5.41, 5.74) is 6.48. The van der Waals surface area contributed by atoms with Gasteiger partial charge in [-0.3, -0.25) is 14.4 Å². The van der Waals surface area contributed by atoms with Crippen molar-refractivity contribution in [2.45, 2.75) is 69.6 Å². The summed E-state index contributed by atoms with van der Waals surface area (Å²) in [5, 5.41) is 25.6. The second-order valence-electron chi connectivity index (χ2n) is 15.4. The number of aromatic carboxylic acids is 1. The minimum absolute atomic E-state index is 0. The Morgan fingerprint density at radius 3 is 1.35 bits per heavy atom. The van der Waals surface area contributed by atoms with Crippen molar-refractivity contribution in [3.8, 4) is 11.5 Å². The maximum atomic E-state index is 13.4. The second-order valence-corrected chi connectivity index (χ2v) is 17.1. The Hall–Kier alpha value is -5.40. The molecule has 6 rings (SSSR count). The van der Waals surface area contributed by atoms with E-state index in [-0.39, 0.29) is 68.7 Å². The van der Waals surface area contributed by atoms with Crippen molar-refractivity contribution in [2.24, 2.45) is 17.6 Å². The lowest BCUT2D eigenvalue weighted by atomic mass is 9.86. The fraction of sp³-hybridized carbons (Fsp3) is 0.370. The molecular weight excluding hydrogens is 989 g/mol. The van der Waals surface area contributed by atoms with Crippen molar-refractivity contribution in [1.82, 2.24) is 16.0 Å². The third-order valence-electron chi connectivity index (χ3n) is 10.3. The molecule has 4 aromatic rings. The van der Waals surface area contributed by atoms with Gasteiger partial charge in [0.15, 0.2) is 13.2 Å². The van der Waals surface area contributed by atoms with E-state index in [4.69, 9.17) is 76.6 Å². The maximum Gasteiger partial charge on any atom is 0.490 e. The molecule has 0 radical (unpaired) electrons. The molecule has 13 nitrogen and oxygen atoms in total. The van der Waals surface area contributed by atoms with Crippen LogP contribution in [0.2, 0.25) is 20.1 Å². The number of nitrogens with one attached hydrogen (secondary N) is 3. The molecular formula is C46H55Cl4F5N4O9. The fourth-order valence-corrected chi connectivity index (χ4v) is 7.04. The van der Waals surface area contributed by atoms with Crippen LogP contribution in [0.1, 0.15) is 76.4 Å². The number of hydrogen-bond donors (Lipinski definition) is 6. The van der Waals surface area contributed by atoms with Gasteiger partial charge in [-0.15, -0.1) is 0 Å². The summed E-state index contributed by atoms with van der Waals surface area (Å²) in [6, 6.07) is 21.2. The van der Waals surface area contributed by atoms with Gasteiger partial charge in [0.1, 0.15) is 23.1 Å². The first-order valence-corrected chi connectivity index (χ1v) is 22.4. The van der Waals surface area contributed by atoms with Gasteiger partial charge in [0.2, 0.25) is 0 Å². The van der Waals surface area contributed by atoms with Crippen molar-refractivity contribution >= 4 is 76.1 Å². The van der Waals surface area contributed by atoms with Crippen LogP contribution >= 0.6 is 46.4 Å². The van der Waals surface area contributed by atoms with Crippen LogP contribution in [0.4, 0.5) is 22.0 Å². The molecule has 0 unspecified atom stereocenters. The standard InChI is InChI=1S/C22H23Cl2FN2O3.C15H20ClFN2O2.C7H5ClO2.C2HF3O2.3H2/c23-16-5-3-15(4-6-16)22(29)26-12-14-1-7-17(8-2-14)27-21(28)13-30-18-9-10-19(24)20(25)11-18;16-13-6-5-12(7-14(13)17)21-9-15(20)19-11-3-1-10(8-18)2-4-11;8-6-3-1-5(2-4-6)7(9)10;3-2(4,5)1(6)7;;;/h3-6,9-11,14,17H,1-2,7-8,12-13H2,(H,26,29)(H,27,28);5-7,10-11H,1-4,8-9,18H2,(H,19,20);1-4H,(H,9,10);(H,6,7);3*1H. The molecule has 0 atom stereocenters. The quantitative estimate of drug-likeness (QED) is 0.0699. The molecule has 2 aliphatic carbocycles. The first-order chi connectivity index (χ1) is 32.1. The van der Waals surface area contributed by atoms with Crippen LogP contribution in [0.5, 0.6) is 11.5 Å². The Labute approximate surface area is 413 Å². The molecule has 3 amide bonds. The lowest BCUT2D eigenvalue weighted by Crippen LogP contribution is -2.41. The van der Waals surface area contributed by atoms with E-state index in [1.165, 1.54) is 42.5 Å². The van der Waals surface area contributed by atoms with Crippen molar-refractivity contribution in [1.29, 1.82) is 0 Å². The highest BCUT2D eigenvalue weighted by Gasteiger charge is 2.38. The van der Waals surface area contributed by atoms with Crippen LogP contribution in [0, 0.1) is 23.5 Å². The molecule has 376 valence electrons. The Kier molecular flexibility index (Phi) is 24.1. The zero-order valence-electron chi connectivity index (χ0n) is 36.1. The predicted octanol–water partition coefficient (Wildman–Crippen LogP) is 10.5. The SMILES string of the molecule is NCC1CCC(NC(=O)COc2ccc(Cl)c(F)c2)CC1.O=C(COc1ccc(Cl)c(F)c1)NC1CCC(CNC(=O)c2ccc(Cl)cc2)CC1.O=C(O)C(F)(F)F.O=C(O)c1ccc(Cl)cc1.[HH].[HH].[HH]. The number of carboxylic acid groups (broad SMARTS) is 2. The van der Waals surface area contributed by atoms with Crippen molar-refractivity contribution < 1.29 is 69.9 Å². The van der Waals surface area contributed by atoms with E-state index < -0.39 is 29.7 Å². The molecule has 4 aromatic carbocycles. The largest absolute Gasteiger partial charge is 0.490 e. The van der Waals surface area contributed by atoms with E-state index >= 15 is 0 Å². The Balaban J connectivity index is 0.00000103. The smallest absolute Gasteiger partial charge is 0.484 e. The molecule has 0 saturated heterocycles. The number of benzene rings is 4. The third kappa shape index (κ3) is 21.7. The minimum atomic E-state index is -5.08. The molecule has 0 heterocycles. The molecule has 68 heavy (non-hydrogen) atoms. The second kappa shape index (κ2) is 28.8. The van der Waals surface area contributed by atoms with E-state index in [9.17, 15) is 41.1 Å². The number of aliphatic carboxylic acids is 1. The highest BCUT2D eigenvalue weighted by atomic mass is 35.5. The molecule has 2 fully saturated rings. The highest BCUT2D eigenvalue weighted by Crippen LogP contribution is 2.26. The van der Waals surface area contributed by atoms with Gasteiger partial charge in [0.05, 0.1) is 15.6 Å². The third-order valence-corrected chi connectivity index (χ3v) is 11.4. The molecule has 0 bridgehead atoms. The number of ether oxygens (including phenoxy) is 2. The summed E-state index contributed by atoms with van der Waals surface area (Å²) in [7, 11) is 0. The van der Waals surface area contributed by atoms with Crippen molar-refractivity contribution in [3.05, 3.63) is 128 Å². The molecule has 0 spiro atoms. The van der Waals surface area contributed by atoms with Crippen LogP contribution in [-0.2, 0) is 14.4 Å². The van der Waals surface area contributed by atoms with Gasteiger partial charge >= 0.3 is 18.1 Å². The number of amides is 3. The number of carbonyl (C=O) groups is 5. The molecule has 22 heteroatoms. The monoisotopic (exact) mass is 1040 g/mol. The maximum absolute atomic E-state index is 13.4. The summed E-state index contributed by atoms with van der Waals surface area (Å²) < 4.78 is 68.9. The molecule has 7 N–H and O–H groups in total. The van der Waals surface area contributed by atoms with Gasteiger partial charge in [-0.1, -0.05) is 46.4 Å². The van der Waals surface area contributed by atoms with Crippen LogP contribution in [0.15, 0.2) is 84.9 Å². The number of carbonyl (C=O) groups excluding carboxylic acids is 3. The van der Waals surface area contributed by atoms with Crippen LogP contribution in [0.25, 0.3) is 0 Å². The van der Waals surface area contributed by atoms with E-state index in [1.54, 1.807) is 36.4 Å². The van der Waals surface area contributed by atoms with Crippen molar-refractivity contribution in [3.63, 3.8) is 0 Å². The minimum Gasteiger partial charge on any atom is -0.484 e. The zero-order valence-corrected chi connectivity index (χ0v) is 39.1. The number of carboxylic acids is 2. The number of rotatable bonds is 13. The topological polar surface area (TPSA) is 206 Å². The Bertz CT molecular complexity index is 2280. The van der Waals surface area contributed by atoms with Crippen LogP contribution < -0.4 is 31.2 Å². The average molecular weight is 1040 g/mol. The lowest BCUT2D eigenvalue weighted by molar-refractivity contribution is -0.192. The average Bonchev–Trinajstić information content (AvgIpc) is 3.30. The molecule has 2 aliphatic rings. The molecule has 2 saturated carbocycles. The van der Waals surface area contributed by atoms with Gasteiger partial charge in [0, 0.05) is 50.6 Å². The molecule has 0 aliphatic heterocycles. The summed E-state index contributed by atoms with van der Waals surface area (Å²) in [6.07, 6.45) is 2.40. The number of nitrogens with two attached hydrogens (primary N) is 1.